The zero-order valence-corrected chi connectivity index (χ0v) is 10.3. The fraction of sp³-hybridized carbons (Fsp3) is 0.538. The number of hydrogen-bond donors (Lipinski definition) is 2. The number of nitrogens with one attached hydrogen (secondary N) is 1. The fourth-order valence-electron chi connectivity index (χ4n) is 1.62. The molecule has 1 rings (SSSR count). The Morgan fingerprint density at radius 3 is 2.71 bits per heavy atom. The monoisotopic (exact) mass is 241 g/mol. The van der Waals surface area contributed by atoms with Gasteiger partial charge in [-0.3, -0.25) is 0 Å². The number of hydrogen-bond acceptors (Lipinski definition) is 3. The number of benzene rings is 1. The molecule has 0 saturated carbocycles. The van der Waals surface area contributed by atoms with Crippen molar-refractivity contribution in [2.45, 2.75) is 26.1 Å². The highest BCUT2D eigenvalue weighted by molar-refractivity contribution is 5.19. The van der Waals surface area contributed by atoms with Gasteiger partial charge >= 0.3 is 0 Å². The molecule has 0 amide bonds. The van der Waals surface area contributed by atoms with Gasteiger partial charge in [0.1, 0.15) is 5.82 Å². The quantitative estimate of drug-likeness (QED) is 0.765. The van der Waals surface area contributed by atoms with Crippen molar-refractivity contribution in [3.8, 4) is 0 Å². The summed E-state index contributed by atoms with van der Waals surface area (Å²) in [5.74, 6) is -0.375. The lowest BCUT2D eigenvalue weighted by molar-refractivity contribution is 0.0722. The minimum Gasteiger partial charge on any atom is -0.387 e. The smallest absolute Gasteiger partial charge is 0.129 e. The van der Waals surface area contributed by atoms with Crippen LogP contribution in [0.4, 0.5) is 4.39 Å². The highest BCUT2D eigenvalue weighted by atomic mass is 19.1. The van der Waals surface area contributed by atoms with E-state index in [1.807, 2.05) is 13.8 Å². The van der Waals surface area contributed by atoms with Crippen molar-refractivity contribution >= 4 is 0 Å². The number of aliphatic hydroxyl groups excluding tert-OH is 1. The highest BCUT2D eigenvalue weighted by Gasteiger charge is 2.11. The molecule has 96 valence electrons. The van der Waals surface area contributed by atoms with E-state index in [4.69, 9.17) is 4.74 Å². The van der Waals surface area contributed by atoms with Crippen LogP contribution in [0.1, 0.15) is 25.5 Å². The summed E-state index contributed by atoms with van der Waals surface area (Å²) in [6.07, 6.45) is -0.738. The molecule has 2 N–H and O–H groups in total. The van der Waals surface area contributed by atoms with Crippen LogP contribution < -0.4 is 5.32 Å². The average Bonchev–Trinajstić information content (AvgIpc) is 2.29. The molecule has 3 nitrogen and oxygen atoms in total. The molecule has 0 radical (unpaired) electrons. The molecule has 0 heterocycles. The molecule has 0 spiro atoms. The number of aliphatic hydroxyl groups is 1. The first-order valence-electron chi connectivity index (χ1n) is 5.90. The predicted octanol–water partition coefficient (Wildman–Crippen LogP) is 1.87. The van der Waals surface area contributed by atoms with Gasteiger partial charge in [0.25, 0.3) is 0 Å². The Morgan fingerprint density at radius 2 is 2.06 bits per heavy atom. The Hall–Kier alpha value is -0.970. The molecule has 4 heteroatoms. The van der Waals surface area contributed by atoms with Gasteiger partial charge in [-0.05, 0) is 19.9 Å². The van der Waals surface area contributed by atoms with Gasteiger partial charge in [0.2, 0.25) is 0 Å². The van der Waals surface area contributed by atoms with Crippen molar-refractivity contribution in [1.29, 1.82) is 0 Å². The van der Waals surface area contributed by atoms with Crippen molar-refractivity contribution < 1.29 is 14.2 Å². The number of rotatable bonds is 7. The lowest BCUT2D eigenvalue weighted by Crippen LogP contribution is -2.30. The van der Waals surface area contributed by atoms with Crippen molar-refractivity contribution in [2.75, 3.05) is 19.7 Å². The van der Waals surface area contributed by atoms with Crippen molar-refractivity contribution in [2.24, 2.45) is 0 Å². The van der Waals surface area contributed by atoms with Crippen LogP contribution in [0.15, 0.2) is 24.3 Å². The van der Waals surface area contributed by atoms with Crippen LogP contribution in [-0.2, 0) is 4.74 Å². The summed E-state index contributed by atoms with van der Waals surface area (Å²) in [7, 11) is 0. The molecule has 0 saturated heterocycles. The number of halogens is 1. The second-order valence-corrected chi connectivity index (χ2v) is 3.96. The standard InChI is InChI=1S/C13H20FNO2/c1-3-17-10(2)8-15-9-13(16)11-6-4-5-7-12(11)14/h4-7,10,13,15-16H,3,8-9H2,1-2H3. The minimum atomic E-state index is -0.829. The van der Waals surface area contributed by atoms with Crippen LogP contribution >= 0.6 is 0 Å². The van der Waals surface area contributed by atoms with E-state index in [2.05, 4.69) is 5.32 Å². The van der Waals surface area contributed by atoms with Crippen LogP contribution in [0.25, 0.3) is 0 Å². The Bertz CT molecular complexity index is 333. The van der Waals surface area contributed by atoms with E-state index < -0.39 is 6.10 Å². The maximum Gasteiger partial charge on any atom is 0.129 e. The van der Waals surface area contributed by atoms with Gasteiger partial charge in [-0.15, -0.1) is 0 Å². The summed E-state index contributed by atoms with van der Waals surface area (Å²) in [6.45, 7) is 5.51. The molecular weight excluding hydrogens is 221 g/mol. The van der Waals surface area contributed by atoms with Gasteiger partial charge in [-0.2, -0.15) is 0 Å². The average molecular weight is 241 g/mol. The van der Waals surface area contributed by atoms with E-state index in [1.54, 1.807) is 18.2 Å². The SMILES string of the molecule is CCOC(C)CNCC(O)c1ccccc1F. The normalized spacial score (nSPS) is 14.6. The van der Waals surface area contributed by atoms with Crippen molar-refractivity contribution in [3.05, 3.63) is 35.6 Å². The Kier molecular flexibility index (Phi) is 6.11. The minimum absolute atomic E-state index is 0.0906. The number of ether oxygens (including phenoxy) is 1. The molecule has 0 aromatic heterocycles. The van der Waals surface area contributed by atoms with E-state index in [1.165, 1.54) is 6.07 Å². The molecule has 17 heavy (non-hydrogen) atoms. The summed E-state index contributed by atoms with van der Waals surface area (Å²) < 4.78 is 18.7. The molecule has 2 unspecified atom stereocenters. The highest BCUT2D eigenvalue weighted by Crippen LogP contribution is 2.15. The third-order valence-corrected chi connectivity index (χ3v) is 2.48. The molecular formula is C13H20FNO2. The first kappa shape index (κ1) is 14.1. The molecule has 2 atom stereocenters. The van der Waals surface area contributed by atoms with E-state index in [-0.39, 0.29) is 11.9 Å². The summed E-state index contributed by atoms with van der Waals surface area (Å²) in [5.41, 5.74) is 0.323. The molecule has 1 aromatic rings. The first-order chi connectivity index (χ1) is 8.15. The Morgan fingerprint density at radius 1 is 1.35 bits per heavy atom. The van der Waals surface area contributed by atoms with Crippen LogP contribution in [0.5, 0.6) is 0 Å². The molecule has 1 aromatic carbocycles. The van der Waals surface area contributed by atoms with Crippen LogP contribution in [0, 0.1) is 5.82 Å². The van der Waals surface area contributed by atoms with Gasteiger partial charge in [-0.1, -0.05) is 18.2 Å². The molecule has 0 aliphatic rings. The van der Waals surface area contributed by atoms with Crippen molar-refractivity contribution in [1.82, 2.24) is 5.32 Å². The molecule has 0 aliphatic carbocycles. The summed E-state index contributed by atoms with van der Waals surface area (Å²) in [6, 6.07) is 6.26. The largest absolute Gasteiger partial charge is 0.387 e. The van der Waals surface area contributed by atoms with Gasteiger partial charge in [-0.25, -0.2) is 4.39 Å². The zero-order valence-electron chi connectivity index (χ0n) is 10.3. The maximum atomic E-state index is 13.3. The van der Waals surface area contributed by atoms with E-state index >= 15 is 0 Å². The third kappa shape index (κ3) is 4.81. The molecule has 0 aliphatic heterocycles. The second kappa shape index (κ2) is 7.37. The van der Waals surface area contributed by atoms with Crippen LogP contribution in [-0.4, -0.2) is 30.9 Å². The summed E-state index contributed by atoms with van der Waals surface area (Å²) >= 11 is 0. The lowest BCUT2D eigenvalue weighted by atomic mass is 10.1. The topological polar surface area (TPSA) is 41.5 Å². The molecule has 0 bridgehead atoms. The summed E-state index contributed by atoms with van der Waals surface area (Å²) in [5, 5.41) is 12.9. The van der Waals surface area contributed by atoms with E-state index in [0.717, 1.165) is 0 Å². The Labute approximate surface area is 102 Å². The van der Waals surface area contributed by atoms with Crippen molar-refractivity contribution in [3.63, 3.8) is 0 Å². The predicted molar refractivity (Wildman–Crippen MR) is 65.3 cm³/mol. The first-order valence-corrected chi connectivity index (χ1v) is 5.90. The second-order valence-electron chi connectivity index (χ2n) is 3.96. The Balaban J connectivity index is 2.35. The fourth-order valence-corrected chi connectivity index (χ4v) is 1.62. The third-order valence-electron chi connectivity index (χ3n) is 2.48. The van der Waals surface area contributed by atoms with E-state index in [9.17, 15) is 9.50 Å². The van der Waals surface area contributed by atoms with Gasteiger partial charge in [0.15, 0.2) is 0 Å². The van der Waals surface area contributed by atoms with E-state index in [0.29, 0.717) is 25.3 Å². The van der Waals surface area contributed by atoms with Crippen LogP contribution in [0.3, 0.4) is 0 Å². The molecule has 0 fully saturated rings. The lowest BCUT2D eigenvalue weighted by Gasteiger charge is -2.16. The van der Waals surface area contributed by atoms with Crippen LogP contribution in [0.2, 0.25) is 0 Å². The maximum absolute atomic E-state index is 13.3. The van der Waals surface area contributed by atoms with Gasteiger partial charge in [0.05, 0.1) is 12.2 Å². The summed E-state index contributed by atoms with van der Waals surface area (Å²) in [4.78, 5) is 0. The zero-order chi connectivity index (χ0) is 12.7. The van der Waals surface area contributed by atoms with Gasteiger partial charge < -0.3 is 15.2 Å². The van der Waals surface area contributed by atoms with Gasteiger partial charge in [0, 0.05) is 25.3 Å².